The Morgan fingerprint density at radius 3 is 1.27 bits per heavy atom. The van der Waals surface area contributed by atoms with E-state index in [4.69, 9.17) is 9.47 Å². The van der Waals surface area contributed by atoms with Crippen LogP contribution in [0, 0.1) is 0 Å². The van der Waals surface area contributed by atoms with Gasteiger partial charge >= 0.3 is 11.9 Å². The molecule has 0 aliphatic heterocycles. The fraction of sp³-hybridized carbons (Fsp3) is 0.333. The average Bonchev–Trinajstić information content (AvgIpc) is 2.79. The van der Waals surface area contributed by atoms with Crippen LogP contribution in [0.1, 0.15) is 59.2 Å². The fourth-order valence-corrected chi connectivity index (χ4v) is 2.69. The van der Waals surface area contributed by atoms with Crippen LogP contribution >= 0.6 is 0 Å². The normalized spacial score (nSPS) is 10.3. The summed E-state index contributed by atoms with van der Waals surface area (Å²) in [6.45, 7) is 0.421. The number of hydrogen-bond donors (Lipinski definition) is 0. The highest BCUT2D eigenvalue weighted by Crippen LogP contribution is 2.07. The van der Waals surface area contributed by atoms with E-state index in [0.29, 0.717) is 24.0 Å². The van der Waals surface area contributed by atoms with Crippen molar-refractivity contribution in [3.63, 3.8) is 0 Å². The smallest absolute Gasteiger partial charge is 0.306 e. The zero-order chi connectivity index (χ0) is 21.6. The van der Waals surface area contributed by atoms with Crippen molar-refractivity contribution in [3.8, 4) is 0 Å². The standard InChI is InChI=1S/C24H26O6/c25-21(19-9-3-1-4-10-19)13-15-23(27)29-17-7-8-18-30-24(28)16-14-22(26)20-11-5-2-6-12-20/h1-6,9-12H,7-8,13-18H2. The number of benzene rings is 2. The molecule has 0 aliphatic carbocycles. The first-order chi connectivity index (χ1) is 14.6. The summed E-state index contributed by atoms with van der Waals surface area (Å²) >= 11 is 0. The minimum atomic E-state index is -0.421. The largest absolute Gasteiger partial charge is 0.466 e. The first-order valence-corrected chi connectivity index (χ1v) is 10.0. The summed E-state index contributed by atoms with van der Waals surface area (Å²) in [6, 6.07) is 17.6. The molecule has 2 rings (SSSR count). The van der Waals surface area contributed by atoms with E-state index in [1.807, 2.05) is 12.1 Å². The first kappa shape index (κ1) is 23.0. The molecule has 0 saturated carbocycles. The summed E-state index contributed by atoms with van der Waals surface area (Å²) in [6.07, 6.45) is 1.41. The van der Waals surface area contributed by atoms with Gasteiger partial charge in [-0.3, -0.25) is 19.2 Å². The second kappa shape index (κ2) is 13.0. The maximum atomic E-state index is 11.9. The van der Waals surface area contributed by atoms with E-state index < -0.39 is 11.9 Å². The third-order valence-electron chi connectivity index (χ3n) is 4.37. The number of carbonyl (C=O) groups is 4. The molecule has 0 spiro atoms. The molecular weight excluding hydrogens is 384 g/mol. The second-order valence-electron chi connectivity index (χ2n) is 6.73. The summed E-state index contributed by atoms with van der Waals surface area (Å²) in [7, 11) is 0. The predicted octanol–water partition coefficient (Wildman–Crippen LogP) is 4.18. The third-order valence-corrected chi connectivity index (χ3v) is 4.37. The Morgan fingerprint density at radius 2 is 0.900 bits per heavy atom. The molecule has 0 heterocycles. The monoisotopic (exact) mass is 410 g/mol. The van der Waals surface area contributed by atoms with Gasteiger partial charge in [-0.05, 0) is 12.8 Å². The van der Waals surface area contributed by atoms with Gasteiger partial charge in [-0.1, -0.05) is 60.7 Å². The van der Waals surface area contributed by atoms with E-state index >= 15 is 0 Å². The number of ketones is 2. The molecule has 0 radical (unpaired) electrons. The van der Waals surface area contributed by atoms with Crippen LogP contribution in [-0.4, -0.2) is 36.7 Å². The Morgan fingerprint density at radius 1 is 0.533 bits per heavy atom. The summed E-state index contributed by atoms with van der Waals surface area (Å²) in [5.41, 5.74) is 1.16. The highest BCUT2D eigenvalue weighted by molar-refractivity contribution is 5.98. The van der Waals surface area contributed by atoms with Crippen LogP contribution in [0.2, 0.25) is 0 Å². The van der Waals surface area contributed by atoms with Gasteiger partial charge in [0.05, 0.1) is 26.1 Å². The maximum absolute atomic E-state index is 11.9. The number of ether oxygens (including phenoxy) is 2. The van der Waals surface area contributed by atoms with Crippen molar-refractivity contribution in [2.24, 2.45) is 0 Å². The number of rotatable bonds is 13. The molecule has 6 heteroatoms. The van der Waals surface area contributed by atoms with Crippen LogP contribution in [-0.2, 0) is 19.1 Å². The van der Waals surface area contributed by atoms with E-state index in [9.17, 15) is 19.2 Å². The van der Waals surface area contributed by atoms with Crippen LogP contribution in [0.25, 0.3) is 0 Å². The molecule has 0 N–H and O–H groups in total. The van der Waals surface area contributed by atoms with Crippen molar-refractivity contribution in [2.45, 2.75) is 38.5 Å². The molecule has 0 atom stereocenters. The Kier molecular flexibility index (Phi) is 10.00. The summed E-state index contributed by atoms with van der Waals surface area (Å²) in [5, 5.41) is 0. The number of esters is 2. The lowest BCUT2D eigenvalue weighted by molar-refractivity contribution is -0.146. The minimum Gasteiger partial charge on any atom is -0.466 e. The molecular formula is C24H26O6. The fourth-order valence-electron chi connectivity index (χ4n) is 2.69. The van der Waals surface area contributed by atoms with Gasteiger partial charge in [-0.2, -0.15) is 0 Å². The Hall–Kier alpha value is -3.28. The van der Waals surface area contributed by atoms with E-state index in [2.05, 4.69) is 0 Å². The summed E-state index contributed by atoms with van der Waals surface area (Å²) < 4.78 is 10.2. The van der Waals surface area contributed by atoms with E-state index in [0.717, 1.165) is 0 Å². The molecule has 158 valence electrons. The number of carbonyl (C=O) groups excluding carboxylic acids is 4. The number of Topliss-reactive ketones (excluding diaryl/α,β-unsaturated/α-hetero) is 2. The SMILES string of the molecule is O=C(CCC(=O)c1ccccc1)OCCCCOC(=O)CCC(=O)c1ccccc1. The Balaban J connectivity index is 1.48. The summed E-state index contributed by atoms with van der Waals surface area (Å²) in [4.78, 5) is 47.2. The van der Waals surface area contributed by atoms with Crippen LogP contribution in [0.3, 0.4) is 0 Å². The topological polar surface area (TPSA) is 86.7 Å². The van der Waals surface area contributed by atoms with E-state index in [1.165, 1.54) is 0 Å². The van der Waals surface area contributed by atoms with Crippen molar-refractivity contribution < 1.29 is 28.7 Å². The Labute approximate surface area is 176 Å². The lowest BCUT2D eigenvalue weighted by atomic mass is 10.1. The molecule has 0 bridgehead atoms. The minimum absolute atomic E-state index is 0.0398. The first-order valence-electron chi connectivity index (χ1n) is 10.0. The quantitative estimate of drug-likeness (QED) is 0.280. The molecule has 30 heavy (non-hydrogen) atoms. The lowest BCUT2D eigenvalue weighted by Gasteiger charge is -2.06. The molecule has 2 aromatic rings. The predicted molar refractivity (Wildman–Crippen MR) is 111 cm³/mol. The van der Waals surface area contributed by atoms with Crippen molar-refractivity contribution in [2.75, 3.05) is 13.2 Å². The van der Waals surface area contributed by atoms with Gasteiger partial charge < -0.3 is 9.47 Å². The van der Waals surface area contributed by atoms with Gasteiger partial charge in [-0.25, -0.2) is 0 Å². The molecule has 0 unspecified atom stereocenters. The molecule has 0 fully saturated rings. The zero-order valence-corrected chi connectivity index (χ0v) is 16.9. The van der Waals surface area contributed by atoms with Crippen molar-refractivity contribution >= 4 is 23.5 Å². The maximum Gasteiger partial charge on any atom is 0.306 e. The molecule has 6 nitrogen and oxygen atoms in total. The number of unbranched alkanes of at least 4 members (excludes halogenated alkanes) is 1. The van der Waals surface area contributed by atoms with Crippen LogP contribution < -0.4 is 0 Å². The van der Waals surface area contributed by atoms with Crippen LogP contribution in [0.4, 0.5) is 0 Å². The van der Waals surface area contributed by atoms with Gasteiger partial charge in [0.2, 0.25) is 0 Å². The molecule has 0 aliphatic rings. The van der Waals surface area contributed by atoms with Crippen molar-refractivity contribution in [1.82, 2.24) is 0 Å². The van der Waals surface area contributed by atoms with Crippen LogP contribution in [0.5, 0.6) is 0 Å². The van der Waals surface area contributed by atoms with Crippen molar-refractivity contribution in [3.05, 3.63) is 71.8 Å². The second-order valence-corrected chi connectivity index (χ2v) is 6.73. The van der Waals surface area contributed by atoms with Gasteiger partial charge in [0.15, 0.2) is 11.6 Å². The molecule has 0 amide bonds. The van der Waals surface area contributed by atoms with E-state index in [-0.39, 0.29) is 50.5 Å². The Bertz CT molecular complexity index is 758. The van der Waals surface area contributed by atoms with Gasteiger partial charge in [0, 0.05) is 24.0 Å². The molecule has 0 aromatic heterocycles. The highest BCUT2D eigenvalue weighted by atomic mass is 16.5. The summed E-state index contributed by atoms with van der Waals surface area (Å²) in [5.74, 6) is -1.03. The highest BCUT2D eigenvalue weighted by Gasteiger charge is 2.11. The lowest BCUT2D eigenvalue weighted by Crippen LogP contribution is -2.11. The van der Waals surface area contributed by atoms with E-state index in [1.54, 1.807) is 48.5 Å². The van der Waals surface area contributed by atoms with Gasteiger partial charge in [0.25, 0.3) is 0 Å². The van der Waals surface area contributed by atoms with Crippen LogP contribution in [0.15, 0.2) is 60.7 Å². The van der Waals surface area contributed by atoms with Crippen molar-refractivity contribution in [1.29, 1.82) is 0 Å². The number of hydrogen-bond acceptors (Lipinski definition) is 6. The average molecular weight is 410 g/mol. The zero-order valence-electron chi connectivity index (χ0n) is 16.9. The molecule has 2 aromatic carbocycles. The third kappa shape index (κ3) is 8.82. The van der Waals surface area contributed by atoms with Gasteiger partial charge in [0.1, 0.15) is 0 Å². The molecule has 0 saturated heterocycles. The van der Waals surface area contributed by atoms with Gasteiger partial charge in [-0.15, -0.1) is 0 Å².